The van der Waals surface area contributed by atoms with E-state index >= 15 is 0 Å². The molecule has 6 nitrogen and oxygen atoms in total. The van der Waals surface area contributed by atoms with Crippen LogP contribution in [-0.2, 0) is 14.4 Å². The van der Waals surface area contributed by atoms with Crippen LogP contribution in [0.15, 0.2) is 36.5 Å². The Bertz CT molecular complexity index is 530. The fourth-order valence-corrected chi connectivity index (χ4v) is 2.78. The number of rotatable bonds is 6. The van der Waals surface area contributed by atoms with Crippen LogP contribution in [0, 0.1) is 17.8 Å². The molecule has 3 N–H and O–H groups in total. The van der Waals surface area contributed by atoms with Gasteiger partial charge in [-0.05, 0) is 37.0 Å². The summed E-state index contributed by atoms with van der Waals surface area (Å²) >= 11 is 0. The van der Waals surface area contributed by atoms with E-state index in [-0.39, 0.29) is 29.1 Å². The van der Waals surface area contributed by atoms with Gasteiger partial charge in [0, 0.05) is 16.7 Å². The van der Waals surface area contributed by atoms with Crippen LogP contribution in [0.25, 0.3) is 0 Å². The zero-order chi connectivity index (χ0) is 16.3. The summed E-state index contributed by atoms with van der Waals surface area (Å²) < 4.78 is 0. The van der Waals surface area contributed by atoms with Crippen molar-refractivity contribution < 1.29 is 29.7 Å². The molecule has 0 radical (unpaired) electrons. The Balaban J connectivity index is 3.04. The molecule has 1 rings (SSSR count). The van der Waals surface area contributed by atoms with Crippen LogP contribution in [-0.4, -0.2) is 33.2 Å². The predicted molar refractivity (Wildman–Crippen MR) is 74.6 cm³/mol. The Hall–Kier alpha value is -2.37. The summed E-state index contributed by atoms with van der Waals surface area (Å²) in [6, 6.07) is 0. The van der Waals surface area contributed by atoms with E-state index in [2.05, 4.69) is 19.7 Å². The molecule has 0 aromatic rings. The van der Waals surface area contributed by atoms with Gasteiger partial charge in [-0.15, -0.1) is 0 Å². The second-order valence-electron chi connectivity index (χ2n) is 5.21. The molecule has 3 unspecified atom stereocenters. The van der Waals surface area contributed by atoms with E-state index in [1.165, 1.54) is 0 Å². The maximum Gasteiger partial charge on any atom is 0.331 e. The Morgan fingerprint density at radius 2 is 1.14 bits per heavy atom. The van der Waals surface area contributed by atoms with Crippen molar-refractivity contribution in [3.05, 3.63) is 36.5 Å². The summed E-state index contributed by atoms with van der Waals surface area (Å²) in [5.74, 6) is -5.12. The predicted octanol–water partition coefficient (Wildman–Crippen LogP) is 1.94. The quantitative estimate of drug-likeness (QED) is 0.645. The first-order valence-corrected chi connectivity index (χ1v) is 6.43. The monoisotopic (exact) mass is 294 g/mol. The van der Waals surface area contributed by atoms with Crippen LogP contribution in [0.5, 0.6) is 0 Å². The summed E-state index contributed by atoms with van der Waals surface area (Å²) in [6.45, 7) is 10.5. The first-order chi connectivity index (χ1) is 9.66. The Labute approximate surface area is 122 Å². The van der Waals surface area contributed by atoms with Crippen molar-refractivity contribution in [2.24, 2.45) is 17.8 Å². The summed E-state index contributed by atoms with van der Waals surface area (Å²) in [5.41, 5.74) is -0.176. The van der Waals surface area contributed by atoms with Crippen molar-refractivity contribution in [2.45, 2.75) is 19.3 Å². The van der Waals surface area contributed by atoms with Crippen LogP contribution in [0.3, 0.4) is 0 Å². The maximum absolute atomic E-state index is 11.1. The third-order valence-electron chi connectivity index (χ3n) is 4.06. The molecule has 0 saturated heterocycles. The van der Waals surface area contributed by atoms with E-state index in [1.54, 1.807) is 0 Å². The van der Waals surface area contributed by atoms with E-state index in [9.17, 15) is 14.4 Å². The van der Waals surface area contributed by atoms with Gasteiger partial charge in [0.05, 0.1) is 0 Å². The average Bonchev–Trinajstić information content (AvgIpc) is 2.43. The van der Waals surface area contributed by atoms with Crippen LogP contribution < -0.4 is 0 Å². The molecule has 1 aliphatic carbocycles. The van der Waals surface area contributed by atoms with E-state index in [0.29, 0.717) is 12.8 Å². The summed E-state index contributed by atoms with van der Waals surface area (Å²) in [6.07, 6.45) is 0.984. The number of carboxylic acid groups (broad SMARTS) is 3. The van der Waals surface area contributed by atoms with Gasteiger partial charge in [0.25, 0.3) is 0 Å². The van der Waals surface area contributed by atoms with E-state index in [4.69, 9.17) is 15.3 Å². The van der Waals surface area contributed by atoms with Crippen molar-refractivity contribution in [3.63, 3.8) is 0 Å². The van der Waals surface area contributed by atoms with E-state index in [0.717, 1.165) is 0 Å². The maximum atomic E-state index is 11.1. The molecule has 1 fully saturated rings. The molecule has 1 aliphatic rings. The van der Waals surface area contributed by atoms with Crippen molar-refractivity contribution in [2.75, 3.05) is 0 Å². The van der Waals surface area contributed by atoms with Gasteiger partial charge in [-0.1, -0.05) is 19.7 Å². The highest BCUT2D eigenvalue weighted by molar-refractivity contribution is 5.90. The summed E-state index contributed by atoms with van der Waals surface area (Å²) in [7, 11) is 0. The highest BCUT2D eigenvalue weighted by Gasteiger charge is 2.39. The largest absolute Gasteiger partial charge is 0.478 e. The molecule has 0 amide bonds. The third kappa shape index (κ3) is 3.59. The first-order valence-electron chi connectivity index (χ1n) is 6.43. The van der Waals surface area contributed by atoms with Crippen LogP contribution in [0.4, 0.5) is 0 Å². The SMILES string of the molecule is C=C(C(=O)O)C1CCC(C(=C)C(=O)O)C(C(=C)C(=O)O)C1. The van der Waals surface area contributed by atoms with Gasteiger partial charge >= 0.3 is 17.9 Å². The standard InChI is InChI=1S/C15H18O6/c1-7(13(16)17)10-4-5-11(8(2)14(18)19)12(6-10)9(3)15(20)21/h10-12H,1-6H2,(H,16,17)(H,18,19)(H,20,21). The van der Waals surface area contributed by atoms with Gasteiger partial charge in [0.2, 0.25) is 0 Å². The van der Waals surface area contributed by atoms with Gasteiger partial charge in [-0.2, -0.15) is 0 Å². The molecular formula is C15H18O6. The molecule has 21 heavy (non-hydrogen) atoms. The lowest BCUT2D eigenvalue weighted by Gasteiger charge is -2.36. The molecular weight excluding hydrogens is 276 g/mol. The normalized spacial score (nSPS) is 24.9. The summed E-state index contributed by atoms with van der Waals surface area (Å²) in [5, 5.41) is 27.1. The lowest BCUT2D eigenvalue weighted by Crippen LogP contribution is -2.33. The highest BCUT2D eigenvalue weighted by Crippen LogP contribution is 2.43. The molecule has 0 bridgehead atoms. The van der Waals surface area contributed by atoms with Crippen LogP contribution in [0.2, 0.25) is 0 Å². The summed E-state index contributed by atoms with van der Waals surface area (Å²) in [4.78, 5) is 33.2. The molecule has 0 aromatic carbocycles. The molecule has 0 aromatic heterocycles. The van der Waals surface area contributed by atoms with Gasteiger partial charge in [-0.3, -0.25) is 0 Å². The number of hydrogen-bond acceptors (Lipinski definition) is 3. The molecule has 114 valence electrons. The molecule has 0 aliphatic heterocycles. The zero-order valence-corrected chi connectivity index (χ0v) is 11.5. The van der Waals surface area contributed by atoms with E-state index in [1.807, 2.05) is 0 Å². The Morgan fingerprint density at radius 1 is 0.714 bits per heavy atom. The average molecular weight is 294 g/mol. The van der Waals surface area contributed by atoms with Gasteiger partial charge in [-0.25, -0.2) is 14.4 Å². The third-order valence-corrected chi connectivity index (χ3v) is 4.06. The number of carboxylic acids is 3. The number of hydrogen-bond donors (Lipinski definition) is 3. The minimum atomic E-state index is -1.22. The zero-order valence-electron chi connectivity index (χ0n) is 11.5. The van der Waals surface area contributed by atoms with Crippen molar-refractivity contribution in [3.8, 4) is 0 Å². The molecule has 0 spiro atoms. The molecule has 6 heteroatoms. The van der Waals surface area contributed by atoms with Crippen LogP contribution >= 0.6 is 0 Å². The molecule has 3 atom stereocenters. The van der Waals surface area contributed by atoms with Crippen molar-refractivity contribution in [1.82, 2.24) is 0 Å². The van der Waals surface area contributed by atoms with Gasteiger partial charge < -0.3 is 15.3 Å². The topological polar surface area (TPSA) is 112 Å². The second-order valence-corrected chi connectivity index (χ2v) is 5.21. The first kappa shape index (κ1) is 16.7. The van der Waals surface area contributed by atoms with Gasteiger partial charge in [0.1, 0.15) is 0 Å². The van der Waals surface area contributed by atoms with Crippen molar-refractivity contribution >= 4 is 17.9 Å². The fraction of sp³-hybridized carbons (Fsp3) is 0.400. The van der Waals surface area contributed by atoms with Crippen molar-refractivity contribution in [1.29, 1.82) is 0 Å². The van der Waals surface area contributed by atoms with Crippen LogP contribution in [0.1, 0.15) is 19.3 Å². The highest BCUT2D eigenvalue weighted by atomic mass is 16.4. The Morgan fingerprint density at radius 3 is 1.57 bits per heavy atom. The molecule has 0 heterocycles. The van der Waals surface area contributed by atoms with E-state index < -0.39 is 29.7 Å². The van der Waals surface area contributed by atoms with Gasteiger partial charge in [0.15, 0.2) is 0 Å². The molecule has 1 saturated carbocycles. The Kier molecular flexibility index (Phi) is 5.07. The minimum Gasteiger partial charge on any atom is -0.478 e. The number of aliphatic carboxylic acids is 3. The second kappa shape index (κ2) is 6.39. The number of carbonyl (C=O) groups is 3. The smallest absolute Gasteiger partial charge is 0.331 e. The minimum absolute atomic E-state index is 0.0116. The lowest BCUT2D eigenvalue weighted by atomic mass is 9.67. The fourth-order valence-electron chi connectivity index (χ4n) is 2.78. The lowest BCUT2D eigenvalue weighted by molar-refractivity contribution is -0.136.